The van der Waals surface area contributed by atoms with E-state index in [-0.39, 0.29) is 30.0 Å². The van der Waals surface area contributed by atoms with E-state index in [0.29, 0.717) is 14.8 Å². The van der Waals surface area contributed by atoms with Crippen molar-refractivity contribution in [1.82, 2.24) is 0 Å². The van der Waals surface area contributed by atoms with Crippen molar-refractivity contribution in [2.75, 3.05) is 25.3 Å². The minimum absolute atomic E-state index is 0.00571. The Morgan fingerprint density at radius 2 is 1.96 bits per heavy atom. The zero-order valence-electron chi connectivity index (χ0n) is 16.7. The number of amides is 1. The van der Waals surface area contributed by atoms with E-state index < -0.39 is 13.2 Å². The lowest BCUT2D eigenvalue weighted by molar-refractivity contribution is -0.384. The van der Waals surface area contributed by atoms with E-state index in [1.807, 2.05) is 22.6 Å². The summed E-state index contributed by atoms with van der Waals surface area (Å²) < 4.78 is 11.8. The third kappa shape index (κ3) is 6.09. The maximum Gasteiger partial charge on any atom is 0.270 e. The summed E-state index contributed by atoms with van der Waals surface area (Å²) in [4.78, 5) is 24.8. The fourth-order valence-electron chi connectivity index (χ4n) is 1.93. The van der Waals surface area contributed by atoms with Crippen LogP contribution in [0.4, 0.5) is 11.4 Å². The van der Waals surface area contributed by atoms with E-state index in [4.69, 9.17) is 9.16 Å². The van der Waals surface area contributed by atoms with Crippen molar-refractivity contribution in [3.63, 3.8) is 0 Å². The second-order valence-corrected chi connectivity index (χ2v) is 13.7. The number of halogens is 1. The third-order valence-electron chi connectivity index (χ3n) is 4.65. The van der Waals surface area contributed by atoms with Gasteiger partial charge in [0.2, 0.25) is 0 Å². The molecule has 1 rings (SSSR count). The van der Waals surface area contributed by atoms with Gasteiger partial charge in [-0.15, -0.1) is 0 Å². The Bertz CT molecular complexity index is 731. The van der Waals surface area contributed by atoms with Crippen LogP contribution >= 0.6 is 22.6 Å². The third-order valence-corrected chi connectivity index (χ3v) is 9.99. The molecule has 9 heteroatoms. The summed E-state index contributed by atoms with van der Waals surface area (Å²) in [6.07, 6.45) is 0. The molecule has 0 N–H and O–H groups in total. The van der Waals surface area contributed by atoms with Crippen molar-refractivity contribution in [2.45, 2.75) is 38.9 Å². The summed E-state index contributed by atoms with van der Waals surface area (Å²) in [6.45, 7) is 14.6. The monoisotopic (exact) mass is 506 g/mol. The number of carbonyl (C=O) groups is 1. The molecule has 7 nitrogen and oxygen atoms in total. The highest BCUT2D eigenvalue weighted by molar-refractivity contribution is 14.1. The predicted octanol–water partition coefficient (Wildman–Crippen LogP) is 4.71. The molecule has 0 heterocycles. The van der Waals surface area contributed by atoms with Gasteiger partial charge in [0.05, 0.1) is 17.2 Å². The number of hydrogen-bond donors (Lipinski definition) is 0. The number of nitro groups is 1. The number of methoxy groups -OCH3 is 1. The van der Waals surface area contributed by atoms with Crippen LogP contribution in [0.1, 0.15) is 20.8 Å². The molecule has 150 valence electrons. The van der Waals surface area contributed by atoms with Gasteiger partial charge in [-0.2, -0.15) is 0 Å². The molecule has 0 aromatic heterocycles. The van der Waals surface area contributed by atoms with Gasteiger partial charge in [0.25, 0.3) is 11.6 Å². The Labute approximate surface area is 175 Å². The van der Waals surface area contributed by atoms with Gasteiger partial charge in [-0.3, -0.25) is 19.8 Å². The minimum atomic E-state index is -2.02. The molecular formula is C18H27IN2O5Si. The summed E-state index contributed by atoms with van der Waals surface area (Å²) >= 11 is 1.97. The van der Waals surface area contributed by atoms with Crippen molar-refractivity contribution in [3.05, 3.63) is 44.0 Å². The first kappa shape index (κ1) is 23.7. The molecule has 0 aliphatic heterocycles. The lowest BCUT2D eigenvalue weighted by atomic mass is 10.2. The quantitative estimate of drug-likeness (QED) is 0.127. The van der Waals surface area contributed by atoms with E-state index in [9.17, 15) is 14.9 Å². The van der Waals surface area contributed by atoms with Gasteiger partial charge in [-0.1, -0.05) is 27.4 Å². The van der Waals surface area contributed by atoms with Crippen molar-refractivity contribution in [1.29, 1.82) is 0 Å². The van der Waals surface area contributed by atoms with Gasteiger partial charge < -0.3 is 9.16 Å². The topological polar surface area (TPSA) is 81.9 Å². The molecule has 0 spiro atoms. The van der Waals surface area contributed by atoms with Gasteiger partial charge in [0.15, 0.2) is 8.32 Å². The van der Waals surface area contributed by atoms with Crippen LogP contribution < -0.4 is 4.90 Å². The standard InChI is InChI=1S/C18H27IN2O5Si/c1-13(11-26-27(6,7)18(2,3)4)17(22)20(12-25-5)16-9-8-14(21(23)24)10-15(16)19/h8-10H,1,11-12H2,2-7H3. The van der Waals surface area contributed by atoms with Crippen LogP contribution in [0.25, 0.3) is 0 Å². The zero-order valence-corrected chi connectivity index (χ0v) is 19.8. The SMILES string of the molecule is C=C(CO[Si](C)(C)C(C)(C)C)C(=O)N(COC)c1ccc([N+](=O)[O-])cc1I. The molecule has 0 radical (unpaired) electrons. The van der Waals surface area contributed by atoms with E-state index in [1.165, 1.54) is 24.1 Å². The van der Waals surface area contributed by atoms with Crippen LogP contribution in [0.15, 0.2) is 30.4 Å². The summed E-state index contributed by atoms with van der Waals surface area (Å²) in [5, 5.41) is 11.0. The van der Waals surface area contributed by atoms with E-state index >= 15 is 0 Å². The average molecular weight is 506 g/mol. The molecular weight excluding hydrogens is 479 g/mol. The van der Waals surface area contributed by atoms with E-state index in [1.54, 1.807) is 6.07 Å². The van der Waals surface area contributed by atoms with Crippen LogP contribution in [0.5, 0.6) is 0 Å². The molecule has 0 unspecified atom stereocenters. The number of nitro benzene ring substituents is 1. The first-order valence-electron chi connectivity index (χ1n) is 8.38. The minimum Gasteiger partial charge on any atom is -0.412 e. The summed E-state index contributed by atoms with van der Waals surface area (Å²) in [5.41, 5.74) is 0.806. The van der Waals surface area contributed by atoms with Crippen molar-refractivity contribution >= 4 is 48.2 Å². The highest BCUT2D eigenvalue weighted by Crippen LogP contribution is 2.37. The predicted molar refractivity (Wildman–Crippen MR) is 117 cm³/mol. The van der Waals surface area contributed by atoms with Crippen molar-refractivity contribution in [2.24, 2.45) is 0 Å². The van der Waals surface area contributed by atoms with Crippen LogP contribution in [0.3, 0.4) is 0 Å². The molecule has 0 fully saturated rings. The maximum absolute atomic E-state index is 12.9. The Kier molecular flexibility index (Phi) is 8.14. The number of benzene rings is 1. The van der Waals surface area contributed by atoms with Crippen LogP contribution in [0, 0.1) is 13.7 Å². The molecule has 0 bridgehead atoms. The lowest BCUT2D eigenvalue weighted by Gasteiger charge is -2.36. The highest BCUT2D eigenvalue weighted by atomic mass is 127. The summed E-state index contributed by atoms with van der Waals surface area (Å²) in [5.74, 6) is -0.331. The molecule has 1 aromatic rings. The van der Waals surface area contributed by atoms with Crippen LogP contribution in [-0.2, 0) is 14.0 Å². The molecule has 1 aromatic carbocycles. The number of ether oxygens (including phenoxy) is 1. The second kappa shape index (κ2) is 9.26. The van der Waals surface area contributed by atoms with E-state index in [0.717, 1.165) is 0 Å². The average Bonchev–Trinajstić information content (AvgIpc) is 2.56. The highest BCUT2D eigenvalue weighted by Gasteiger charge is 2.37. The molecule has 0 saturated carbocycles. The Morgan fingerprint density at radius 3 is 2.41 bits per heavy atom. The largest absolute Gasteiger partial charge is 0.412 e. The first-order chi connectivity index (χ1) is 12.3. The number of rotatable bonds is 8. The van der Waals surface area contributed by atoms with E-state index in [2.05, 4.69) is 40.4 Å². The molecule has 0 saturated heterocycles. The maximum atomic E-state index is 12.9. The van der Waals surface area contributed by atoms with Crippen LogP contribution in [-0.4, -0.2) is 39.6 Å². The molecule has 27 heavy (non-hydrogen) atoms. The number of non-ortho nitro benzene ring substituents is 1. The second-order valence-electron chi connectivity index (χ2n) is 7.70. The molecule has 0 atom stereocenters. The summed E-state index contributed by atoms with van der Waals surface area (Å²) in [7, 11) is -0.537. The molecule has 0 aliphatic rings. The van der Waals surface area contributed by atoms with Crippen molar-refractivity contribution in [3.8, 4) is 0 Å². The smallest absolute Gasteiger partial charge is 0.270 e. The van der Waals surface area contributed by atoms with Gasteiger partial charge in [-0.25, -0.2) is 0 Å². The number of anilines is 1. The normalized spacial score (nSPS) is 12.0. The number of nitrogens with zero attached hydrogens (tertiary/aromatic N) is 2. The zero-order chi connectivity index (χ0) is 21.0. The Balaban J connectivity index is 3.02. The number of carbonyl (C=O) groups excluding carboxylic acids is 1. The molecule has 0 aliphatic carbocycles. The van der Waals surface area contributed by atoms with Crippen LogP contribution in [0.2, 0.25) is 18.1 Å². The molecule has 1 amide bonds. The van der Waals surface area contributed by atoms with Gasteiger partial charge in [0.1, 0.15) is 6.73 Å². The fraction of sp³-hybridized carbons (Fsp3) is 0.500. The lowest BCUT2D eigenvalue weighted by Crippen LogP contribution is -2.42. The summed E-state index contributed by atoms with van der Waals surface area (Å²) in [6, 6.07) is 4.32. The van der Waals surface area contributed by atoms with Crippen molar-refractivity contribution < 1.29 is 18.9 Å². The first-order valence-corrected chi connectivity index (χ1v) is 12.4. The van der Waals surface area contributed by atoms with Gasteiger partial charge in [-0.05, 0) is 46.8 Å². The van der Waals surface area contributed by atoms with Gasteiger partial charge >= 0.3 is 0 Å². The number of hydrogen-bond acceptors (Lipinski definition) is 5. The fourth-order valence-corrected chi connectivity index (χ4v) is 3.69. The Hall–Kier alpha value is -1.30. The van der Waals surface area contributed by atoms with Gasteiger partial charge in [0, 0.05) is 28.4 Å². The Morgan fingerprint density at radius 1 is 1.37 bits per heavy atom.